The standard InChI is InChI=1S/C11H16N2O4S/c1-18(14,15)16-9-11-7-8-13(12-17-11)10-5-3-2-4-6-10/h2-6,11-12H,7-9H2,1H3. The van der Waals surface area contributed by atoms with E-state index in [1.165, 1.54) is 0 Å². The van der Waals surface area contributed by atoms with Crippen molar-refractivity contribution in [3.8, 4) is 0 Å². The van der Waals surface area contributed by atoms with Crippen LogP contribution in [-0.2, 0) is 19.1 Å². The highest BCUT2D eigenvalue weighted by Crippen LogP contribution is 2.16. The van der Waals surface area contributed by atoms with Gasteiger partial charge in [0, 0.05) is 6.54 Å². The third kappa shape index (κ3) is 3.95. The highest BCUT2D eigenvalue weighted by molar-refractivity contribution is 7.85. The van der Waals surface area contributed by atoms with Crippen LogP contribution < -0.4 is 10.6 Å². The van der Waals surface area contributed by atoms with Gasteiger partial charge in [-0.05, 0) is 18.6 Å². The number of hydrogen-bond donors (Lipinski definition) is 1. The number of hydrazine groups is 1. The molecule has 1 aliphatic heterocycles. The quantitative estimate of drug-likeness (QED) is 0.813. The number of anilines is 1. The molecule has 6 nitrogen and oxygen atoms in total. The molecule has 18 heavy (non-hydrogen) atoms. The number of benzene rings is 1. The van der Waals surface area contributed by atoms with Gasteiger partial charge in [0.2, 0.25) is 0 Å². The zero-order valence-electron chi connectivity index (χ0n) is 10.1. The van der Waals surface area contributed by atoms with Crippen LogP contribution in [0.25, 0.3) is 0 Å². The largest absolute Gasteiger partial charge is 0.286 e. The summed E-state index contributed by atoms with van der Waals surface area (Å²) in [4.78, 5) is 5.33. The summed E-state index contributed by atoms with van der Waals surface area (Å²) in [5.41, 5.74) is 3.78. The zero-order chi connectivity index (χ0) is 13.0. The van der Waals surface area contributed by atoms with E-state index in [-0.39, 0.29) is 12.7 Å². The summed E-state index contributed by atoms with van der Waals surface area (Å²) in [5.74, 6) is 0. The Balaban J connectivity index is 1.82. The summed E-state index contributed by atoms with van der Waals surface area (Å²) in [6.45, 7) is 0.760. The summed E-state index contributed by atoms with van der Waals surface area (Å²) >= 11 is 0. The second-order valence-electron chi connectivity index (χ2n) is 4.10. The zero-order valence-corrected chi connectivity index (χ0v) is 10.9. The van der Waals surface area contributed by atoms with Gasteiger partial charge in [-0.3, -0.25) is 14.0 Å². The van der Waals surface area contributed by atoms with Gasteiger partial charge in [-0.15, -0.1) is 5.59 Å². The first kappa shape index (κ1) is 13.3. The first-order chi connectivity index (χ1) is 8.54. The smallest absolute Gasteiger partial charge is 0.264 e. The number of para-hydroxylation sites is 1. The van der Waals surface area contributed by atoms with E-state index < -0.39 is 10.1 Å². The summed E-state index contributed by atoms with van der Waals surface area (Å²) < 4.78 is 26.4. The van der Waals surface area contributed by atoms with Crippen LogP contribution in [0.2, 0.25) is 0 Å². The molecule has 0 saturated carbocycles. The van der Waals surface area contributed by atoms with Crippen LogP contribution >= 0.6 is 0 Å². The van der Waals surface area contributed by atoms with E-state index in [2.05, 4.69) is 5.59 Å². The fraction of sp³-hybridized carbons (Fsp3) is 0.455. The number of hydrogen-bond acceptors (Lipinski definition) is 6. The van der Waals surface area contributed by atoms with E-state index in [1.807, 2.05) is 35.3 Å². The molecule has 1 N–H and O–H groups in total. The normalized spacial score (nSPS) is 20.9. The molecule has 0 aromatic heterocycles. The van der Waals surface area contributed by atoms with E-state index in [0.29, 0.717) is 6.42 Å². The van der Waals surface area contributed by atoms with Crippen LogP contribution in [0.15, 0.2) is 30.3 Å². The summed E-state index contributed by atoms with van der Waals surface area (Å²) in [5, 5.41) is 1.86. The van der Waals surface area contributed by atoms with Gasteiger partial charge in [-0.1, -0.05) is 18.2 Å². The maximum Gasteiger partial charge on any atom is 0.264 e. The Morgan fingerprint density at radius 2 is 2.17 bits per heavy atom. The van der Waals surface area contributed by atoms with Crippen molar-refractivity contribution in [2.75, 3.05) is 24.4 Å². The summed E-state index contributed by atoms with van der Waals surface area (Å²) in [6, 6.07) is 9.75. The van der Waals surface area contributed by atoms with E-state index in [9.17, 15) is 8.42 Å². The lowest BCUT2D eigenvalue weighted by Crippen LogP contribution is -2.48. The Morgan fingerprint density at radius 3 is 2.72 bits per heavy atom. The average Bonchev–Trinajstić information content (AvgIpc) is 2.37. The molecule has 1 saturated heterocycles. The Kier molecular flexibility index (Phi) is 4.18. The van der Waals surface area contributed by atoms with Crippen LogP contribution in [0.5, 0.6) is 0 Å². The van der Waals surface area contributed by atoms with Gasteiger partial charge in [-0.25, -0.2) is 0 Å². The Morgan fingerprint density at radius 1 is 1.44 bits per heavy atom. The van der Waals surface area contributed by atoms with Crippen LogP contribution in [-0.4, -0.2) is 33.9 Å². The first-order valence-corrected chi connectivity index (χ1v) is 7.44. The molecule has 0 bridgehead atoms. The minimum Gasteiger partial charge on any atom is -0.286 e. The third-order valence-electron chi connectivity index (χ3n) is 2.54. The highest BCUT2D eigenvalue weighted by atomic mass is 32.2. The number of nitrogens with zero attached hydrogens (tertiary/aromatic N) is 1. The molecule has 1 atom stereocenters. The molecule has 0 radical (unpaired) electrons. The summed E-state index contributed by atoms with van der Waals surface area (Å²) in [7, 11) is -3.41. The number of rotatable bonds is 4. The van der Waals surface area contributed by atoms with Gasteiger partial charge in [0.1, 0.15) is 6.10 Å². The minimum absolute atomic E-state index is 0.0362. The molecule has 0 spiro atoms. The van der Waals surface area contributed by atoms with Crippen LogP contribution in [0.3, 0.4) is 0 Å². The van der Waals surface area contributed by atoms with Crippen molar-refractivity contribution in [2.24, 2.45) is 0 Å². The topological polar surface area (TPSA) is 67.9 Å². The Hall–Kier alpha value is -1.15. The lowest BCUT2D eigenvalue weighted by molar-refractivity contribution is -0.0741. The molecule has 1 unspecified atom stereocenters. The molecule has 1 heterocycles. The van der Waals surface area contributed by atoms with E-state index in [4.69, 9.17) is 9.02 Å². The Bertz CT molecular complexity index is 469. The van der Waals surface area contributed by atoms with Gasteiger partial charge < -0.3 is 0 Å². The number of nitrogens with one attached hydrogen (secondary N) is 1. The van der Waals surface area contributed by atoms with Crippen molar-refractivity contribution in [1.82, 2.24) is 5.59 Å². The fourth-order valence-electron chi connectivity index (χ4n) is 1.62. The van der Waals surface area contributed by atoms with E-state index >= 15 is 0 Å². The monoisotopic (exact) mass is 272 g/mol. The second-order valence-corrected chi connectivity index (χ2v) is 5.74. The molecule has 2 rings (SSSR count). The molecule has 1 aromatic carbocycles. The van der Waals surface area contributed by atoms with Gasteiger partial charge in [-0.2, -0.15) is 8.42 Å². The summed E-state index contributed by atoms with van der Waals surface area (Å²) in [6.07, 6.45) is 1.46. The van der Waals surface area contributed by atoms with E-state index in [0.717, 1.165) is 18.5 Å². The van der Waals surface area contributed by atoms with Crippen molar-refractivity contribution in [1.29, 1.82) is 0 Å². The Labute approximate surface area is 107 Å². The van der Waals surface area contributed by atoms with Crippen molar-refractivity contribution >= 4 is 15.8 Å². The van der Waals surface area contributed by atoms with Crippen LogP contribution in [0, 0.1) is 0 Å². The molecule has 100 valence electrons. The molecule has 1 fully saturated rings. The predicted molar refractivity (Wildman–Crippen MR) is 67.2 cm³/mol. The van der Waals surface area contributed by atoms with Crippen molar-refractivity contribution in [3.63, 3.8) is 0 Å². The first-order valence-electron chi connectivity index (χ1n) is 5.63. The van der Waals surface area contributed by atoms with Crippen molar-refractivity contribution in [2.45, 2.75) is 12.5 Å². The van der Waals surface area contributed by atoms with Gasteiger partial charge >= 0.3 is 0 Å². The highest BCUT2D eigenvalue weighted by Gasteiger charge is 2.21. The molecular formula is C11H16N2O4S. The third-order valence-corrected chi connectivity index (χ3v) is 3.10. The average molecular weight is 272 g/mol. The molecule has 1 aliphatic rings. The predicted octanol–water partition coefficient (Wildman–Crippen LogP) is 0.678. The molecule has 0 aliphatic carbocycles. The van der Waals surface area contributed by atoms with Gasteiger partial charge in [0.15, 0.2) is 0 Å². The second kappa shape index (κ2) is 5.66. The van der Waals surface area contributed by atoms with Gasteiger partial charge in [0.05, 0.1) is 18.6 Å². The van der Waals surface area contributed by atoms with E-state index in [1.54, 1.807) is 0 Å². The lowest BCUT2D eigenvalue weighted by Gasteiger charge is -2.33. The van der Waals surface area contributed by atoms with Gasteiger partial charge in [0.25, 0.3) is 10.1 Å². The maximum absolute atomic E-state index is 10.9. The van der Waals surface area contributed by atoms with Crippen LogP contribution in [0.4, 0.5) is 5.69 Å². The van der Waals surface area contributed by atoms with Crippen LogP contribution in [0.1, 0.15) is 6.42 Å². The fourth-order valence-corrected chi connectivity index (χ4v) is 2.02. The van der Waals surface area contributed by atoms with Crippen molar-refractivity contribution < 1.29 is 17.4 Å². The SMILES string of the molecule is CS(=O)(=O)OCC1CCN(c2ccccc2)NO1. The maximum atomic E-state index is 10.9. The van der Waals surface area contributed by atoms with Crippen molar-refractivity contribution in [3.05, 3.63) is 30.3 Å². The molecule has 1 aromatic rings. The molecule has 0 amide bonds. The lowest BCUT2D eigenvalue weighted by atomic mass is 10.2. The molecular weight excluding hydrogens is 256 g/mol. The molecule has 7 heteroatoms. The minimum atomic E-state index is -3.41.